The van der Waals surface area contributed by atoms with Crippen LogP contribution in [0.15, 0.2) is 42.6 Å². The van der Waals surface area contributed by atoms with Crippen LogP contribution >= 0.6 is 0 Å². The number of amides is 1. The lowest BCUT2D eigenvalue weighted by molar-refractivity contribution is 0.0707. The summed E-state index contributed by atoms with van der Waals surface area (Å²) < 4.78 is 26.4. The Morgan fingerprint density at radius 2 is 1.94 bits per heavy atom. The molecule has 0 aliphatic carbocycles. The van der Waals surface area contributed by atoms with Gasteiger partial charge in [-0.1, -0.05) is 6.07 Å². The lowest BCUT2D eigenvalue weighted by Crippen LogP contribution is -2.40. The molecule has 2 saturated heterocycles. The molecule has 3 heterocycles. The van der Waals surface area contributed by atoms with Crippen molar-refractivity contribution in [1.82, 2.24) is 9.88 Å². The van der Waals surface area contributed by atoms with Crippen molar-refractivity contribution in [3.63, 3.8) is 0 Å². The van der Waals surface area contributed by atoms with Gasteiger partial charge in [0.05, 0.1) is 11.4 Å². The quantitative estimate of drug-likeness (QED) is 0.728. The Bertz CT molecular complexity index is 1050. The minimum atomic E-state index is -3.30. The smallest absolute Gasteiger partial charge is 0.253 e. The summed E-state index contributed by atoms with van der Waals surface area (Å²) >= 11 is 0. The fourth-order valence-electron chi connectivity index (χ4n) is 4.42. The Hall–Kier alpha value is -2.61. The number of anilines is 2. The van der Waals surface area contributed by atoms with Crippen molar-refractivity contribution in [2.45, 2.75) is 31.6 Å². The summed E-state index contributed by atoms with van der Waals surface area (Å²) in [6, 6.07) is 11.2. The number of aromatic nitrogens is 1. The van der Waals surface area contributed by atoms with Crippen molar-refractivity contribution in [2.75, 3.05) is 48.7 Å². The van der Waals surface area contributed by atoms with Gasteiger partial charge in [0.2, 0.25) is 10.0 Å². The molecule has 1 amide bonds. The van der Waals surface area contributed by atoms with E-state index in [4.69, 9.17) is 0 Å². The van der Waals surface area contributed by atoms with Crippen LogP contribution in [-0.2, 0) is 10.0 Å². The van der Waals surface area contributed by atoms with Crippen LogP contribution in [-0.4, -0.2) is 63.7 Å². The molecule has 0 radical (unpaired) electrons. The highest BCUT2D eigenvalue weighted by molar-refractivity contribution is 7.92. The fraction of sp³-hybridized carbons (Fsp3) is 0.478. The molecule has 4 rings (SSSR count). The van der Waals surface area contributed by atoms with Gasteiger partial charge in [-0.15, -0.1) is 0 Å². The van der Waals surface area contributed by atoms with Crippen molar-refractivity contribution in [3.05, 3.63) is 53.7 Å². The second kappa shape index (κ2) is 8.86. The summed E-state index contributed by atoms with van der Waals surface area (Å²) in [6.45, 7) is 1.84. The molecule has 1 unspecified atom stereocenters. The number of carbonyl (C=O) groups excluding carboxylic acids is 1. The van der Waals surface area contributed by atoms with Crippen LogP contribution in [0.3, 0.4) is 0 Å². The topological polar surface area (TPSA) is 73.8 Å². The van der Waals surface area contributed by atoms with Gasteiger partial charge in [0, 0.05) is 51.4 Å². The molecule has 31 heavy (non-hydrogen) atoms. The number of hydrogen-bond acceptors (Lipinski definition) is 5. The van der Waals surface area contributed by atoms with E-state index in [1.165, 1.54) is 9.87 Å². The number of carbonyl (C=O) groups is 1. The van der Waals surface area contributed by atoms with Gasteiger partial charge < -0.3 is 9.80 Å². The molecule has 0 saturated carbocycles. The third kappa shape index (κ3) is 4.69. The zero-order chi connectivity index (χ0) is 22.0. The standard InChI is InChI=1S/C23H30N4O3S/c1-25(2)22-16-18(10-11-24-22)20-8-6-12-26(17-20)23(28)19-7-5-9-21(15-19)27-13-3-4-14-31(27,29)30/h5,7,9-11,15-16,20H,3-4,6,8,12-14,17H2,1-2H3. The van der Waals surface area contributed by atoms with Gasteiger partial charge in [-0.25, -0.2) is 13.4 Å². The number of sulfonamides is 1. The van der Waals surface area contributed by atoms with E-state index in [2.05, 4.69) is 11.1 Å². The largest absolute Gasteiger partial charge is 0.363 e. The molecule has 0 bridgehead atoms. The van der Waals surface area contributed by atoms with E-state index in [1.807, 2.05) is 36.2 Å². The van der Waals surface area contributed by atoms with E-state index in [1.54, 1.807) is 24.3 Å². The van der Waals surface area contributed by atoms with Crippen LogP contribution in [0.2, 0.25) is 0 Å². The minimum Gasteiger partial charge on any atom is -0.363 e. The van der Waals surface area contributed by atoms with Crippen molar-refractivity contribution in [2.24, 2.45) is 0 Å². The van der Waals surface area contributed by atoms with Crippen molar-refractivity contribution in [1.29, 1.82) is 0 Å². The third-order valence-corrected chi connectivity index (χ3v) is 8.01. The van der Waals surface area contributed by atoms with Crippen LogP contribution in [0.1, 0.15) is 47.5 Å². The molecule has 2 aliphatic heterocycles. The zero-order valence-electron chi connectivity index (χ0n) is 18.2. The van der Waals surface area contributed by atoms with Gasteiger partial charge in [-0.3, -0.25) is 9.10 Å². The van der Waals surface area contributed by atoms with E-state index in [0.717, 1.165) is 25.1 Å². The first-order valence-electron chi connectivity index (χ1n) is 10.9. The molecule has 7 nitrogen and oxygen atoms in total. The second-order valence-electron chi connectivity index (χ2n) is 8.58. The Balaban J connectivity index is 1.52. The molecule has 166 valence electrons. The molecular weight excluding hydrogens is 412 g/mol. The summed E-state index contributed by atoms with van der Waals surface area (Å²) in [5.41, 5.74) is 2.33. The van der Waals surface area contributed by atoms with Crippen LogP contribution in [0.4, 0.5) is 11.5 Å². The van der Waals surface area contributed by atoms with Crippen LogP contribution in [0, 0.1) is 0 Å². The van der Waals surface area contributed by atoms with Crippen LogP contribution in [0.5, 0.6) is 0 Å². The average Bonchev–Trinajstić information content (AvgIpc) is 2.78. The number of hydrogen-bond donors (Lipinski definition) is 0. The molecule has 0 N–H and O–H groups in total. The molecule has 2 aliphatic rings. The number of benzene rings is 1. The summed E-state index contributed by atoms with van der Waals surface area (Å²) in [5, 5.41) is 0. The number of pyridine rings is 1. The van der Waals surface area contributed by atoms with Crippen molar-refractivity contribution in [3.8, 4) is 0 Å². The number of nitrogens with zero attached hydrogens (tertiary/aromatic N) is 4. The van der Waals surface area contributed by atoms with E-state index in [9.17, 15) is 13.2 Å². The molecule has 2 aromatic rings. The maximum Gasteiger partial charge on any atom is 0.253 e. The third-order valence-electron chi connectivity index (χ3n) is 6.14. The molecule has 0 spiro atoms. The SMILES string of the molecule is CN(C)c1cc(C2CCCN(C(=O)c3cccc(N4CCCCS4(=O)=O)c3)C2)ccn1. The minimum absolute atomic E-state index is 0.0390. The summed E-state index contributed by atoms with van der Waals surface area (Å²) in [4.78, 5) is 21.6. The summed E-state index contributed by atoms with van der Waals surface area (Å²) in [7, 11) is 0.640. The zero-order valence-corrected chi connectivity index (χ0v) is 19.0. The first-order valence-corrected chi connectivity index (χ1v) is 12.5. The Kier molecular flexibility index (Phi) is 6.18. The first-order chi connectivity index (χ1) is 14.8. The average molecular weight is 443 g/mol. The van der Waals surface area contributed by atoms with E-state index >= 15 is 0 Å². The molecule has 1 atom stereocenters. The fourth-order valence-corrected chi connectivity index (χ4v) is 6.05. The van der Waals surface area contributed by atoms with E-state index in [-0.39, 0.29) is 17.6 Å². The Morgan fingerprint density at radius 1 is 1.10 bits per heavy atom. The highest BCUT2D eigenvalue weighted by Crippen LogP contribution is 2.30. The van der Waals surface area contributed by atoms with E-state index in [0.29, 0.717) is 37.3 Å². The lowest BCUT2D eigenvalue weighted by Gasteiger charge is -2.34. The molecule has 1 aromatic heterocycles. The summed E-state index contributed by atoms with van der Waals surface area (Å²) in [5.74, 6) is 1.31. The monoisotopic (exact) mass is 442 g/mol. The maximum absolute atomic E-state index is 13.3. The Morgan fingerprint density at radius 3 is 2.71 bits per heavy atom. The van der Waals surface area contributed by atoms with Gasteiger partial charge in [0.1, 0.15) is 5.82 Å². The maximum atomic E-state index is 13.3. The van der Waals surface area contributed by atoms with Gasteiger partial charge in [0.25, 0.3) is 5.91 Å². The first kappa shape index (κ1) is 21.6. The summed E-state index contributed by atoms with van der Waals surface area (Å²) in [6.07, 6.45) is 5.33. The Labute approximate surface area is 184 Å². The van der Waals surface area contributed by atoms with Crippen molar-refractivity contribution >= 4 is 27.4 Å². The highest BCUT2D eigenvalue weighted by atomic mass is 32.2. The molecule has 1 aromatic carbocycles. The van der Waals surface area contributed by atoms with Crippen LogP contribution < -0.4 is 9.21 Å². The predicted octanol–water partition coefficient (Wildman–Crippen LogP) is 3.10. The van der Waals surface area contributed by atoms with Gasteiger partial charge in [-0.2, -0.15) is 0 Å². The van der Waals surface area contributed by atoms with Gasteiger partial charge in [-0.05, 0) is 61.6 Å². The molecule has 8 heteroatoms. The lowest BCUT2D eigenvalue weighted by atomic mass is 9.90. The van der Waals surface area contributed by atoms with Gasteiger partial charge in [0.15, 0.2) is 0 Å². The second-order valence-corrected chi connectivity index (χ2v) is 10.6. The number of piperidine rings is 1. The molecule has 2 fully saturated rings. The van der Waals surface area contributed by atoms with Crippen molar-refractivity contribution < 1.29 is 13.2 Å². The van der Waals surface area contributed by atoms with Crippen LogP contribution in [0.25, 0.3) is 0 Å². The molecular formula is C23H30N4O3S. The van der Waals surface area contributed by atoms with E-state index < -0.39 is 10.0 Å². The predicted molar refractivity (Wildman–Crippen MR) is 123 cm³/mol. The van der Waals surface area contributed by atoms with Gasteiger partial charge >= 0.3 is 0 Å². The highest BCUT2D eigenvalue weighted by Gasteiger charge is 2.29. The normalized spacial score (nSPS) is 21.0. The number of likely N-dealkylation sites (tertiary alicyclic amines) is 1. The number of rotatable bonds is 4.